The Balaban J connectivity index is 1.68. The van der Waals surface area contributed by atoms with Gasteiger partial charge < -0.3 is 0 Å². The molecular formula is C15H16INS. The molecule has 1 heterocycles. The Morgan fingerprint density at radius 1 is 1.11 bits per heavy atom. The summed E-state index contributed by atoms with van der Waals surface area (Å²) in [6.45, 7) is 2.19. The molecular weight excluding hydrogens is 353 g/mol. The molecule has 0 unspecified atom stereocenters. The van der Waals surface area contributed by atoms with Gasteiger partial charge in [0.25, 0.3) is 0 Å². The molecule has 0 atom stereocenters. The molecule has 3 heteroatoms. The highest BCUT2D eigenvalue weighted by Crippen LogP contribution is 2.30. The van der Waals surface area contributed by atoms with Gasteiger partial charge in [-0.1, -0.05) is 18.2 Å². The molecule has 0 saturated heterocycles. The van der Waals surface area contributed by atoms with E-state index in [1.54, 1.807) is 0 Å². The van der Waals surface area contributed by atoms with Crippen LogP contribution in [0.1, 0.15) is 23.3 Å². The summed E-state index contributed by atoms with van der Waals surface area (Å²) >= 11 is 4.23. The molecule has 1 fully saturated rings. The van der Waals surface area contributed by atoms with Crippen molar-refractivity contribution in [3.05, 3.63) is 55.8 Å². The van der Waals surface area contributed by atoms with E-state index in [0.717, 1.165) is 19.1 Å². The lowest BCUT2D eigenvalue weighted by Gasteiger charge is -2.21. The molecule has 0 bridgehead atoms. The molecule has 0 radical (unpaired) electrons. The molecule has 0 N–H and O–H groups in total. The number of hydrogen-bond donors (Lipinski definition) is 0. The van der Waals surface area contributed by atoms with Crippen molar-refractivity contribution in [2.45, 2.75) is 32.0 Å². The Morgan fingerprint density at radius 3 is 2.50 bits per heavy atom. The van der Waals surface area contributed by atoms with Gasteiger partial charge in [0.2, 0.25) is 0 Å². The Labute approximate surface area is 126 Å². The Hall–Kier alpha value is -0.390. The number of hydrogen-bond acceptors (Lipinski definition) is 2. The molecule has 1 aliphatic rings. The third-order valence-corrected chi connectivity index (χ3v) is 4.88. The van der Waals surface area contributed by atoms with Crippen molar-refractivity contribution >= 4 is 33.9 Å². The van der Waals surface area contributed by atoms with E-state index >= 15 is 0 Å². The van der Waals surface area contributed by atoms with E-state index in [0.29, 0.717) is 0 Å². The van der Waals surface area contributed by atoms with Gasteiger partial charge in [0.1, 0.15) is 0 Å². The fraction of sp³-hybridized carbons (Fsp3) is 0.333. The third-order valence-electron chi connectivity index (χ3n) is 3.30. The molecule has 1 nitrogen and oxygen atoms in total. The summed E-state index contributed by atoms with van der Waals surface area (Å²) in [5.41, 5.74) is 1.43. The van der Waals surface area contributed by atoms with Crippen molar-refractivity contribution in [2.24, 2.45) is 0 Å². The number of nitrogens with zero attached hydrogens (tertiary/aromatic N) is 1. The molecule has 1 aromatic heterocycles. The van der Waals surface area contributed by atoms with E-state index < -0.39 is 0 Å². The normalized spacial score (nSPS) is 15.2. The lowest BCUT2D eigenvalue weighted by atomic mass is 10.2. The lowest BCUT2D eigenvalue weighted by Crippen LogP contribution is -2.24. The average molecular weight is 369 g/mol. The van der Waals surface area contributed by atoms with E-state index in [1.165, 1.54) is 26.9 Å². The smallest absolute Gasteiger partial charge is 0.0334 e. The van der Waals surface area contributed by atoms with E-state index in [1.807, 2.05) is 11.3 Å². The average Bonchev–Trinajstić information content (AvgIpc) is 3.10. The minimum atomic E-state index is 0.811. The lowest BCUT2D eigenvalue weighted by molar-refractivity contribution is 0.248. The van der Waals surface area contributed by atoms with E-state index in [4.69, 9.17) is 0 Å². The van der Waals surface area contributed by atoms with Crippen LogP contribution < -0.4 is 0 Å². The van der Waals surface area contributed by atoms with Crippen LogP contribution in [0.5, 0.6) is 0 Å². The van der Waals surface area contributed by atoms with E-state index in [9.17, 15) is 0 Å². The van der Waals surface area contributed by atoms with Crippen molar-refractivity contribution in [3.8, 4) is 0 Å². The van der Waals surface area contributed by atoms with Crippen LogP contribution in [0.15, 0.2) is 41.8 Å². The maximum atomic E-state index is 2.62. The van der Waals surface area contributed by atoms with Crippen molar-refractivity contribution < 1.29 is 0 Å². The van der Waals surface area contributed by atoms with Crippen molar-refractivity contribution in [1.29, 1.82) is 0 Å². The van der Waals surface area contributed by atoms with Crippen LogP contribution >= 0.6 is 33.9 Å². The Kier molecular flexibility index (Phi) is 4.01. The summed E-state index contributed by atoms with van der Waals surface area (Å²) in [5.74, 6) is 0. The maximum Gasteiger partial charge on any atom is 0.0334 e. The molecule has 3 rings (SSSR count). The summed E-state index contributed by atoms with van der Waals surface area (Å²) in [5, 5.41) is 2.17. The molecule has 1 saturated carbocycles. The van der Waals surface area contributed by atoms with Gasteiger partial charge >= 0.3 is 0 Å². The first kappa shape index (κ1) is 12.6. The molecule has 0 aliphatic heterocycles. The largest absolute Gasteiger partial charge is 0.291 e. The SMILES string of the molecule is Ic1ccc(CN(Cc2cccs2)C2CC2)cc1. The molecule has 94 valence electrons. The van der Waals surface area contributed by atoms with Crippen LogP contribution in [0.3, 0.4) is 0 Å². The van der Waals surface area contributed by atoms with Crippen molar-refractivity contribution in [1.82, 2.24) is 4.90 Å². The molecule has 18 heavy (non-hydrogen) atoms. The van der Waals surface area contributed by atoms with Gasteiger partial charge in [0.05, 0.1) is 0 Å². The first-order chi connectivity index (χ1) is 8.81. The van der Waals surface area contributed by atoms with Crippen LogP contribution in [0.4, 0.5) is 0 Å². The van der Waals surface area contributed by atoms with Crippen LogP contribution in [0.2, 0.25) is 0 Å². The summed E-state index contributed by atoms with van der Waals surface area (Å²) in [6, 6.07) is 14.1. The monoisotopic (exact) mass is 369 g/mol. The second-order valence-corrected chi connectivity index (χ2v) is 7.12. The summed E-state index contributed by atoms with van der Waals surface area (Å²) in [4.78, 5) is 4.10. The maximum absolute atomic E-state index is 2.62. The van der Waals surface area contributed by atoms with Crippen molar-refractivity contribution in [2.75, 3.05) is 0 Å². The molecule has 0 spiro atoms. The minimum Gasteiger partial charge on any atom is -0.291 e. The van der Waals surface area contributed by atoms with Gasteiger partial charge in [0, 0.05) is 27.6 Å². The summed E-state index contributed by atoms with van der Waals surface area (Å²) in [7, 11) is 0. The fourth-order valence-corrected chi connectivity index (χ4v) is 3.27. The topological polar surface area (TPSA) is 3.24 Å². The van der Waals surface area contributed by atoms with Crippen LogP contribution in [-0.2, 0) is 13.1 Å². The van der Waals surface area contributed by atoms with Gasteiger partial charge in [-0.05, 0) is 64.6 Å². The highest BCUT2D eigenvalue weighted by molar-refractivity contribution is 14.1. The molecule has 2 aromatic rings. The number of rotatable bonds is 5. The Morgan fingerprint density at radius 2 is 1.89 bits per heavy atom. The number of halogens is 1. The molecule has 1 aromatic carbocycles. The Bertz CT molecular complexity index is 488. The number of thiophene rings is 1. The van der Waals surface area contributed by atoms with Gasteiger partial charge in [-0.3, -0.25) is 4.90 Å². The predicted molar refractivity (Wildman–Crippen MR) is 85.7 cm³/mol. The van der Waals surface area contributed by atoms with E-state index in [-0.39, 0.29) is 0 Å². The minimum absolute atomic E-state index is 0.811. The van der Waals surface area contributed by atoms with Crippen LogP contribution in [0.25, 0.3) is 0 Å². The van der Waals surface area contributed by atoms with Gasteiger partial charge in [-0.2, -0.15) is 0 Å². The zero-order valence-corrected chi connectivity index (χ0v) is 13.2. The highest BCUT2D eigenvalue weighted by Gasteiger charge is 2.29. The molecule has 1 aliphatic carbocycles. The first-order valence-electron chi connectivity index (χ1n) is 6.32. The van der Waals surface area contributed by atoms with E-state index in [2.05, 4.69) is 69.3 Å². The van der Waals surface area contributed by atoms with Gasteiger partial charge in [-0.15, -0.1) is 11.3 Å². The van der Waals surface area contributed by atoms with Gasteiger partial charge in [0.15, 0.2) is 0 Å². The zero-order chi connectivity index (χ0) is 12.4. The standard InChI is InChI=1S/C15H16INS/c16-13-5-3-12(4-6-13)10-17(14-7-8-14)11-15-2-1-9-18-15/h1-6,9,14H,7-8,10-11H2. The second-order valence-electron chi connectivity index (χ2n) is 4.84. The first-order valence-corrected chi connectivity index (χ1v) is 8.28. The number of benzene rings is 1. The fourth-order valence-electron chi connectivity index (χ4n) is 2.18. The zero-order valence-electron chi connectivity index (χ0n) is 10.2. The molecule has 0 amide bonds. The summed E-state index contributed by atoms with van der Waals surface area (Å²) < 4.78 is 1.31. The van der Waals surface area contributed by atoms with Gasteiger partial charge in [-0.25, -0.2) is 0 Å². The van der Waals surface area contributed by atoms with Crippen LogP contribution in [0, 0.1) is 3.57 Å². The quantitative estimate of drug-likeness (QED) is 0.701. The van der Waals surface area contributed by atoms with Crippen LogP contribution in [-0.4, -0.2) is 10.9 Å². The highest BCUT2D eigenvalue weighted by atomic mass is 127. The van der Waals surface area contributed by atoms with Crippen molar-refractivity contribution in [3.63, 3.8) is 0 Å². The predicted octanol–water partition coefficient (Wildman–Crippen LogP) is 4.52. The second kappa shape index (κ2) is 5.72. The summed E-state index contributed by atoms with van der Waals surface area (Å²) in [6.07, 6.45) is 2.74. The third kappa shape index (κ3) is 3.33.